The highest BCUT2D eigenvalue weighted by atomic mass is 16.5. The normalized spacial score (nSPS) is 14.0. The zero-order valence-electron chi connectivity index (χ0n) is 13.1. The molecule has 1 aromatic carbocycles. The summed E-state index contributed by atoms with van der Waals surface area (Å²) in [5, 5.41) is 8.76. The van der Waals surface area contributed by atoms with Gasteiger partial charge in [0.2, 0.25) is 0 Å². The lowest BCUT2D eigenvalue weighted by Crippen LogP contribution is -2.36. The minimum Gasteiger partial charge on any atom is -0.457 e. The lowest BCUT2D eigenvalue weighted by atomic mass is 10.1. The van der Waals surface area contributed by atoms with Gasteiger partial charge in [-0.3, -0.25) is 0 Å². The Hall–Kier alpha value is -2.91. The van der Waals surface area contributed by atoms with Crippen molar-refractivity contribution in [2.45, 2.75) is 6.61 Å². The van der Waals surface area contributed by atoms with Gasteiger partial charge in [-0.05, 0) is 29.8 Å². The fourth-order valence-corrected chi connectivity index (χ4v) is 2.39. The molecule has 1 saturated heterocycles. The molecule has 0 unspecified atom stereocenters. The lowest BCUT2D eigenvalue weighted by molar-refractivity contribution is 0.0472. The van der Waals surface area contributed by atoms with Crippen LogP contribution in [0, 0.1) is 11.3 Å². The summed E-state index contributed by atoms with van der Waals surface area (Å²) in [4.78, 5) is 18.5. The zero-order valence-corrected chi connectivity index (χ0v) is 13.1. The maximum absolute atomic E-state index is 12.1. The topological polar surface area (TPSA) is 75.5 Å². The molecular formula is C18H17N3O3. The lowest BCUT2D eigenvalue weighted by Gasteiger charge is -2.27. The first-order valence-electron chi connectivity index (χ1n) is 7.71. The molecule has 0 bridgehead atoms. The number of esters is 1. The van der Waals surface area contributed by atoms with Gasteiger partial charge in [-0.25, -0.2) is 9.78 Å². The number of benzene rings is 1. The van der Waals surface area contributed by atoms with Gasteiger partial charge in [0, 0.05) is 19.3 Å². The number of pyridine rings is 1. The molecule has 6 heteroatoms. The molecule has 0 N–H and O–H groups in total. The number of anilines is 1. The van der Waals surface area contributed by atoms with Crippen molar-refractivity contribution in [2.75, 3.05) is 31.2 Å². The summed E-state index contributed by atoms with van der Waals surface area (Å²) in [6, 6.07) is 12.5. The summed E-state index contributed by atoms with van der Waals surface area (Å²) in [6.07, 6.45) is 1.53. The van der Waals surface area contributed by atoms with Crippen LogP contribution < -0.4 is 4.90 Å². The molecule has 0 saturated carbocycles. The van der Waals surface area contributed by atoms with E-state index in [0.717, 1.165) is 24.5 Å². The van der Waals surface area contributed by atoms with Crippen molar-refractivity contribution in [3.63, 3.8) is 0 Å². The van der Waals surface area contributed by atoms with Crippen LogP contribution in [0.25, 0.3) is 0 Å². The smallest absolute Gasteiger partial charge is 0.340 e. The summed E-state index contributed by atoms with van der Waals surface area (Å²) >= 11 is 0. The number of morpholine rings is 1. The van der Waals surface area contributed by atoms with E-state index in [-0.39, 0.29) is 6.61 Å². The van der Waals surface area contributed by atoms with Crippen LogP contribution in [-0.4, -0.2) is 37.3 Å². The van der Waals surface area contributed by atoms with E-state index in [4.69, 9.17) is 14.7 Å². The van der Waals surface area contributed by atoms with E-state index < -0.39 is 5.97 Å². The Morgan fingerprint density at radius 1 is 1.21 bits per heavy atom. The van der Waals surface area contributed by atoms with Crippen molar-refractivity contribution in [2.24, 2.45) is 0 Å². The molecular weight excluding hydrogens is 306 g/mol. The van der Waals surface area contributed by atoms with Crippen molar-refractivity contribution in [3.8, 4) is 6.07 Å². The van der Waals surface area contributed by atoms with Crippen molar-refractivity contribution >= 4 is 11.8 Å². The van der Waals surface area contributed by atoms with Gasteiger partial charge in [0.05, 0.1) is 30.4 Å². The molecule has 0 aliphatic carbocycles. The Labute approximate surface area is 140 Å². The van der Waals surface area contributed by atoms with E-state index in [1.165, 1.54) is 6.20 Å². The van der Waals surface area contributed by atoms with Gasteiger partial charge < -0.3 is 14.4 Å². The molecule has 0 atom stereocenters. The molecule has 1 aromatic heterocycles. The number of rotatable bonds is 4. The Kier molecular flexibility index (Phi) is 5.04. The van der Waals surface area contributed by atoms with Crippen molar-refractivity contribution in [1.82, 2.24) is 4.98 Å². The van der Waals surface area contributed by atoms with Crippen LogP contribution in [0.5, 0.6) is 0 Å². The van der Waals surface area contributed by atoms with Gasteiger partial charge in [-0.15, -0.1) is 0 Å². The zero-order chi connectivity index (χ0) is 16.8. The molecule has 2 aromatic rings. The predicted octanol–water partition coefficient (Wildman–Crippen LogP) is 2.15. The summed E-state index contributed by atoms with van der Waals surface area (Å²) < 4.78 is 10.6. The summed E-state index contributed by atoms with van der Waals surface area (Å²) in [5.74, 6) is 0.419. The van der Waals surface area contributed by atoms with Crippen LogP contribution >= 0.6 is 0 Å². The summed E-state index contributed by atoms with van der Waals surface area (Å²) in [7, 11) is 0. The summed E-state index contributed by atoms with van der Waals surface area (Å²) in [6.45, 7) is 3.15. The number of ether oxygens (including phenoxy) is 2. The molecule has 1 aliphatic heterocycles. The van der Waals surface area contributed by atoms with E-state index in [1.54, 1.807) is 30.3 Å². The number of hydrogen-bond donors (Lipinski definition) is 0. The van der Waals surface area contributed by atoms with E-state index in [1.807, 2.05) is 12.1 Å². The number of carbonyl (C=O) groups excluding carboxylic acids is 1. The standard InChI is InChI=1S/C18H17N3O3/c19-11-14-1-3-15(4-2-14)13-24-18(22)16-5-6-17(20-12-16)21-7-9-23-10-8-21/h1-6,12H,7-10,13H2. The van der Waals surface area contributed by atoms with Gasteiger partial charge in [-0.1, -0.05) is 12.1 Å². The third-order valence-corrected chi connectivity index (χ3v) is 3.77. The maximum Gasteiger partial charge on any atom is 0.340 e. The monoisotopic (exact) mass is 323 g/mol. The third-order valence-electron chi connectivity index (χ3n) is 3.77. The van der Waals surface area contributed by atoms with E-state index in [0.29, 0.717) is 24.3 Å². The molecule has 0 amide bonds. The first-order chi connectivity index (χ1) is 11.8. The van der Waals surface area contributed by atoms with Gasteiger partial charge in [0.15, 0.2) is 0 Å². The fraction of sp³-hybridized carbons (Fsp3) is 0.278. The fourth-order valence-electron chi connectivity index (χ4n) is 2.39. The van der Waals surface area contributed by atoms with E-state index in [9.17, 15) is 4.79 Å². The molecule has 1 fully saturated rings. The largest absolute Gasteiger partial charge is 0.457 e. The van der Waals surface area contributed by atoms with Crippen molar-refractivity contribution in [1.29, 1.82) is 5.26 Å². The number of carbonyl (C=O) groups is 1. The molecule has 1 aliphatic rings. The average Bonchev–Trinajstić information content (AvgIpc) is 2.67. The average molecular weight is 323 g/mol. The molecule has 3 rings (SSSR count). The summed E-state index contributed by atoms with van der Waals surface area (Å²) in [5.41, 5.74) is 1.83. The SMILES string of the molecule is N#Cc1ccc(COC(=O)c2ccc(N3CCOCC3)nc2)cc1. The first kappa shape index (κ1) is 16.0. The third kappa shape index (κ3) is 3.89. The van der Waals surface area contributed by atoms with Crippen LogP contribution in [0.3, 0.4) is 0 Å². The molecule has 0 spiro atoms. The number of hydrogen-bond acceptors (Lipinski definition) is 6. The van der Waals surface area contributed by atoms with Crippen LogP contribution in [-0.2, 0) is 16.1 Å². The number of nitrogens with zero attached hydrogens (tertiary/aromatic N) is 3. The highest BCUT2D eigenvalue weighted by molar-refractivity contribution is 5.89. The Bertz CT molecular complexity index is 730. The number of nitriles is 1. The van der Waals surface area contributed by atoms with Crippen molar-refractivity contribution in [3.05, 3.63) is 59.3 Å². The van der Waals surface area contributed by atoms with Crippen LogP contribution in [0.15, 0.2) is 42.6 Å². The van der Waals surface area contributed by atoms with E-state index >= 15 is 0 Å². The van der Waals surface area contributed by atoms with Gasteiger partial charge in [-0.2, -0.15) is 5.26 Å². The predicted molar refractivity (Wildman–Crippen MR) is 87.5 cm³/mol. The Balaban J connectivity index is 1.57. The Morgan fingerprint density at radius 3 is 2.58 bits per heavy atom. The van der Waals surface area contributed by atoms with Gasteiger partial charge in [0.1, 0.15) is 12.4 Å². The minimum atomic E-state index is -0.416. The first-order valence-corrected chi connectivity index (χ1v) is 7.71. The van der Waals surface area contributed by atoms with Gasteiger partial charge in [0.25, 0.3) is 0 Å². The second-order valence-corrected chi connectivity index (χ2v) is 5.39. The maximum atomic E-state index is 12.1. The van der Waals surface area contributed by atoms with Crippen LogP contribution in [0.1, 0.15) is 21.5 Å². The Morgan fingerprint density at radius 2 is 1.96 bits per heavy atom. The van der Waals surface area contributed by atoms with Crippen LogP contribution in [0.2, 0.25) is 0 Å². The molecule has 2 heterocycles. The molecule has 6 nitrogen and oxygen atoms in total. The highest BCUT2D eigenvalue weighted by Crippen LogP contribution is 2.14. The highest BCUT2D eigenvalue weighted by Gasteiger charge is 2.14. The molecule has 24 heavy (non-hydrogen) atoms. The van der Waals surface area contributed by atoms with Crippen molar-refractivity contribution < 1.29 is 14.3 Å². The quantitative estimate of drug-likeness (QED) is 0.803. The second-order valence-electron chi connectivity index (χ2n) is 5.39. The van der Waals surface area contributed by atoms with Gasteiger partial charge >= 0.3 is 5.97 Å². The van der Waals surface area contributed by atoms with Crippen LogP contribution in [0.4, 0.5) is 5.82 Å². The minimum absolute atomic E-state index is 0.162. The number of aromatic nitrogens is 1. The molecule has 122 valence electrons. The van der Waals surface area contributed by atoms with E-state index in [2.05, 4.69) is 9.88 Å². The second kappa shape index (κ2) is 7.57. The molecule has 0 radical (unpaired) electrons.